The topological polar surface area (TPSA) is 88.9 Å². The van der Waals surface area contributed by atoms with Gasteiger partial charge in [-0.05, 0) is 31.0 Å². The Hall–Kier alpha value is -2.70. The molecule has 2 aromatic rings. The molecule has 0 aliphatic carbocycles. The molecule has 1 fully saturated rings. The van der Waals surface area contributed by atoms with Crippen molar-refractivity contribution in [3.8, 4) is 11.3 Å². The van der Waals surface area contributed by atoms with E-state index in [0.29, 0.717) is 17.9 Å². The zero-order valence-electron chi connectivity index (χ0n) is 14.7. The van der Waals surface area contributed by atoms with Gasteiger partial charge in [0.15, 0.2) is 0 Å². The van der Waals surface area contributed by atoms with Crippen LogP contribution in [0.1, 0.15) is 37.2 Å². The van der Waals surface area contributed by atoms with E-state index in [1.165, 1.54) is 4.68 Å². The summed E-state index contributed by atoms with van der Waals surface area (Å²) in [4.78, 5) is 29.0. The normalized spacial score (nSPS) is 18.8. The lowest BCUT2D eigenvalue weighted by atomic mass is 9.77. The minimum absolute atomic E-state index is 0.117. The summed E-state index contributed by atoms with van der Waals surface area (Å²) < 4.78 is 1.54. The monoisotopic (exact) mass is 341 g/mol. The fourth-order valence-electron chi connectivity index (χ4n) is 3.42. The van der Waals surface area contributed by atoms with Crippen molar-refractivity contribution in [1.82, 2.24) is 25.4 Å². The molecule has 1 atom stereocenters. The summed E-state index contributed by atoms with van der Waals surface area (Å²) in [5.74, 6) is -0.405. The molecule has 0 spiro atoms. The maximum atomic E-state index is 12.8. The Kier molecular flexibility index (Phi) is 4.57. The van der Waals surface area contributed by atoms with Crippen LogP contribution in [-0.2, 0) is 11.8 Å². The van der Waals surface area contributed by atoms with E-state index in [1.807, 2.05) is 12.1 Å². The number of hydrogen-bond acceptors (Lipinski definition) is 4. The van der Waals surface area contributed by atoms with Gasteiger partial charge in [-0.2, -0.15) is 5.10 Å². The summed E-state index contributed by atoms with van der Waals surface area (Å²) in [6.07, 6.45) is 5.01. The Labute approximate surface area is 146 Å². The molecule has 7 heteroatoms. The largest absolute Gasteiger partial charge is 0.354 e. The van der Waals surface area contributed by atoms with Crippen LogP contribution < -0.4 is 10.6 Å². The third-order valence-corrected chi connectivity index (χ3v) is 5.26. The first-order chi connectivity index (χ1) is 12.0. The lowest BCUT2D eigenvalue weighted by Gasteiger charge is -2.31. The Morgan fingerprint density at radius 3 is 2.68 bits per heavy atom. The minimum Gasteiger partial charge on any atom is -0.354 e. The molecule has 2 aromatic heterocycles. The number of nitrogens with zero attached hydrogens (tertiary/aromatic N) is 3. The molecule has 1 unspecified atom stereocenters. The number of aromatic nitrogens is 3. The molecular formula is C18H23N5O2. The second-order valence-corrected chi connectivity index (χ2v) is 6.47. The van der Waals surface area contributed by atoms with E-state index < -0.39 is 6.04 Å². The van der Waals surface area contributed by atoms with Crippen molar-refractivity contribution in [2.75, 3.05) is 6.54 Å². The van der Waals surface area contributed by atoms with Crippen LogP contribution in [0.25, 0.3) is 11.3 Å². The first kappa shape index (κ1) is 17.1. The zero-order chi connectivity index (χ0) is 18.0. The Balaban J connectivity index is 1.84. The average molecular weight is 341 g/mol. The predicted molar refractivity (Wildman–Crippen MR) is 93.7 cm³/mol. The lowest BCUT2D eigenvalue weighted by Crippen LogP contribution is -2.49. The van der Waals surface area contributed by atoms with E-state index >= 15 is 0 Å². The quantitative estimate of drug-likeness (QED) is 0.863. The number of carbonyl (C=O) groups excluding carboxylic acids is 2. The Morgan fingerprint density at radius 1 is 1.36 bits per heavy atom. The van der Waals surface area contributed by atoms with E-state index in [1.54, 1.807) is 25.5 Å². The maximum Gasteiger partial charge on any atom is 0.270 e. The molecule has 2 N–H and O–H groups in total. The molecule has 0 aromatic carbocycles. The van der Waals surface area contributed by atoms with Crippen molar-refractivity contribution < 1.29 is 9.59 Å². The van der Waals surface area contributed by atoms with Crippen LogP contribution in [0.2, 0.25) is 0 Å². The first-order valence-electron chi connectivity index (χ1n) is 8.53. The molecule has 0 saturated carbocycles. The standard InChI is InChI=1S/C18H23N5O2/c1-4-18(5-2)11-20-17(25)15(18)21-16(24)14-10-13(22-23(14)3)12-6-8-19-9-7-12/h6-10,15H,4-5,11H2,1-3H3,(H,20,25)(H,21,24). The summed E-state index contributed by atoms with van der Waals surface area (Å²) in [6.45, 7) is 4.69. The third kappa shape index (κ3) is 3.01. The smallest absolute Gasteiger partial charge is 0.270 e. The molecule has 1 aliphatic heterocycles. The number of hydrogen-bond donors (Lipinski definition) is 2. The Morgan fingerprint density at radius 2 is 2.04 bits per heavy atom. The van der Waals surface area contributed by atoms with E-state index in [2.05, 4.69) is 34.6 Å². The number of amides is 2. The number of pyridine rings is 1. The molecule has 0 bridgehead atoms. The van der Waals surface area contributed by atoms with Crippen LogP contribution >= 0.6 is 0 Å². The van der Waals surface area contributed by atoms with Gasteiger partial charge in [-0.25, -0.2) is 0 Å². The van der Waals surface area contributed by atoms with Gasteiger partial charge >= 0.3 is 0 Å². The van der Waals surface area contributed by atoms with E-state index in [4.69, 9.17) is 0 Å². The molecule has 1 aliphatic rings. The van der Waals surface area contributed by atoms with Gasteiger partial charge in [0.25, 0.3) is 5.91 Å². The summed E-state index contributed by atoms with van der Waals surface area (Å²) in [7, 11) is 1.72. The van der Waals surface area contributed by atoms with Crippen molar-refractivity contribution >= 4 is 11.8 Å². The van der Waals surface area contributed by atoms with E-state index in [0.717, 1.165) is 18.4 Å². The summed E-state index contributed by atoms with van der Waals surface area (Å²) in [5.41, 5.74) is 1.77. The van der Waals surface area contributed by atoms with Crippen LogP contribution in [0.4, 0.5) is 0 Å². The fraction of sp³-hybridized carbons (Fsp3) is 0.444. The molecule has 25 heavy (non-hydrogen) atoms. The average Bonchev–Trinajstić information content (AvgIpc) is 3.17. The van der Waals surface area contributed by atoms with Gasteiger partial charge in [0.2, 0.25) is 5.91 Å². The number of carbonyl (C=O) groups is 2. The molecule has 0 radical (unpaired) electrons. The van der Waals surface area contributed by atoms with Gasteiger partial charge in [-0.3, -0.25) is 19.3 Å². The number of rotatable bonds is 5. The number of nitrogens with one attached hydrogen (secondary N) is 2. The lowest BCUT2D eigenvalue weighted by molar-refractivity contribution is -0.121. The molecular weight excluding hydrogens is 318 g/mol. The van der Waals surface area contributed by atoms with Crippen molar-refractivity contribution in [2.24, 2.45) is 12.5 Å². The SMILES string of the molecule is CCC1(CC)CNC(=O)C1NC(=O)c1cc(-c2ccncc2)nn1C. The van der Waals surface area contributed by atoms with Gasteiger partial charge in [-0.15, -0.1) is 0 Å². The van der Waals surface area contributed by atoms with Crippen LogP contribution in [0.15, 0.2) is 30.6 Å². The van der Waals surface area contributed by atoms with Gasteiger partial charge < -0.3 is 10.6 Å². The van der Waals surface area contributed by atoms with Crippen molar-refractivity contribution in [3.05, 3.63) is 36.3 Å². The van der Waals surface area contributed by atoms with Crippen molar-refractivity contribution in [2.45, 2.75) is 32.7 Å². The Bertz CT molecular complexity index is 780. The van der Waals surface area contributed by atoms with Gasteiger partial charge in [0.05, 0.1) is 5.69 Å². The van der Waals surface area contributed by atoms with E-state index in [9.17, 15) is 9.59 Å². The molecule has 3 heterocycles. The zero-order valence-corrected chi connectivity index (χ0v) is 14.7. The summed E-state index contributed by atoms with van der Waals surface area (Å²) in [6, 6.07) is 4.90. The highest BCUT2D eigenvalue weighted by Gasteiger charge is 2.46. The first-order valence-corrected chi connectivity index (χ1v) is 8.53. The van der Waals surface area contributed by atoms with Crippen LogP contribution in [-0.4, -0.2) is 39.2 Å². The molecule has 3 rings (SSSR count). The number of aryl methyl sites for hydroxylation is 1. The minimum atomic E-state index is -0.519. The summed E-state index contributed by atoms with van der Waals surface area (Å²) in [5, 5.41) is 10.2. The van der Waals surface area contributed by atoms with Crippen LogP contribution in [0.3, 0.4) is 0 Å². The predicted octanol–water partition coefficient (Wildman–Crippen LogP) is 1.52. The van der Waals surface area contributed by atoms with Crippen LogP contribution in [0.5, 0.6) is 0 Å². The highest BCUT2D eigenvalue weighted by molar-refractivity contribution is 5.98. The molecule has 7 nitrogen and oxygen atoms in total. The third-order valence-electron chi connectivity index (χ3n) is 5.26. The van der Waals surface area contributed by atoms with Gasteiger partial charge in [0, 0.05) is 37.0 Å². The second kappa shape index (κ2) is 6.66. The molecule has 132 valence electrons. The second-order valence-electron chi connectivity index (χ2n) is 6.47. The van der Waals surface area contributed by atoms with E-state index in [-0.39, 0.29) is 17.2 Å². The molecule has 1 saturated heterocycles. The highest BCUT2D eigenvalue weighted by Crippen LogP contribution is 2.34. The summed E-state index contributed by atoms with van der Waals surface area (Å²) >= 11 is 0. The van der Waals surface area contributed by atoms with Crippen LogP contribution in [0, 0.1) is 5.41 Å². The fourth-order valence-corrected chi connectivity index (χ4v) is 3.42. The maximum absolute atomic E-state index is 12.8. The highest BCUT2D eigenvalue weighted by atomic mass is 16.2. The van der Waals surface area contributed by atoms with Gasteiger partial charge in [0.1, 0.15) is 11.7 Å². The van der Waals surface area contributed by atoms with Gasteiger partial charge in [-0.1, -0.05) is 13.8 Å². The van der Waals surface area contributed by atoms with Crippen molar-refractivity contribution in [1.29, 1.82) is 0 Å². The van der Waals surface area contributed by atoms with Crippen molar-refractivity contribution in [3.63, 3.8) is 0 Å². The molecule has 2 amide bonds.